The van der Waals surface area contributed by atoms with E-state index in [1.807, 2.05) is 6.55 Å². The molecule has 0 atom stereocenters. The van der Waals surface area contributed by atoms with Crippen LogP contribution >= 0.6 is 0 Å². The molecule has 0 aliphatic heterocycles. The first kappa shape index (κ1) is 54.9. The van der Waals surface area contributed by atoms with Gasteiger partial charge < -0.3 is 51.9 Å². The van der Waals surface area contributed by atoms with Crippen molar-refractivity contribution in [1.82, 2.24) is 0 Å². The molecule has 2 N–H and O–H groups in total. The van der Waals surface area contributed by atoms with Crippen LogP contribution in [0.15, 0.2) is 48.5 Å². The standard InChI is InChI=1S/C46H70O16Si/c1-45(2,52)43(50)36-19-23-38(24-20-36)55-32-34-58-41(48)17-11-8-14-28-61-63(6,60-27-13-7-10-16-40(47)57-31-30-54-5)62-29-15-9-12-18-42(49)59-35-33-56-39-25-21-37(22-26-39)44(51)46(3,4)53/h19-26,52-53H,7-18,27-35H2,1-6H3. The molecular weight excluding hydrogens is 837 g/mol. The normalized spacial score (nSPS) is 11.8. The second kappa shape index (κ2) is 30.0. The second-order valence-electron chi connectivity index (χ2n) is 16.0. The molecule has 0 spiro atoms. The molecule has 2 aromatic rings. The summed E-state index contributed by atoms with van der Waals surface area (Å²) in [7, 11) is -1.48. The second-order valence-corrected chi connectivity index (χ2v) is 18.6. The van der Waals surface area contributed by atoms with Gasteiger partial charge in [-0.3, -0.25) is 24.0 Å². The summed E-state index contributed by atoms with van der Waals surface area (Å²) < 4.78 is 50.3. The van der Waals surface area contributed by atoms with Gasteiger partial charge in [-0.15, -0.1) is 0 Å². The molecule has 0 aliphatic carbocycles. The third-order valence-corrected chi connectivity index (χ3v) is 11.5. The monoisotopic (exact) mass is 906 g/mol. The van der Waals surface area contributed by atoms with E-state index in [2.05, 4.69) is 0 Å². The molecule has 354 valence electrons. The average Bonchev–Trinajstić information content (AvgIpc) is 3.24. The van der Waals surface area contributed by atoms with Gasteiger partial charge >= 0.3 is 26.7 Å². The summed E-state index contributed by atoms with van der Waals surface area (Å²) in [6, 6.07) is 12.8. The Morgan fingerprint density at radius 1 is 0.460 bits per heavy atom. The van der Waals surface area contributed by atoms with Gasteiger partial charge in [0.05, 0.1) is 6.61 Å². The van der Waals surface area contributed by atoms with Crippen molar-refractivity contribution in [3.05, 3.63) is 59.7 Å². The Kier molecular flexibility index (Phi) is 26.1. The van der Waals surface area contributed by atoms with Crippen LogP contribution in [-0.2, 0) is 46.6 Å². The Balaban J connectivity index is 1.66. The predicted octanol–water partition coefficient (Wildman–Crippen LogP) is 6.63. The first-order valence-electron chi connectivity index (χ1n) is 21.8. The van der Waals surface area contributed by atoms with Crippen molar-refractivity contribution < 1.29 is 75.9 Å². The minimum atomic E-state index is -3.02. The van der Waals surface area contributed by atoms with Crippen molar-refractivity contribution in [3.63, 3.8) is 0 Å². The molecule has 0 radical (unpaired) electrons. The summed E-state index contributed by atoms with van der Waals surface area (Å²) in [4.78, 5) is 60.7. The number of esters is 3. The van der Waals surface area contributed by atoms with E-state index < -0.39 is 20.0 Å². The third-order valence-electron chi connectivity index (χ3n) is 9.29. The van der Waals surface area contributed by atoms with E-state index in [9.17, 15) is 34.2 Å². The largest absolute Gasteiger partial charge is 0.497 e. The Morgan fingerprint density at radius 2 is 0.778 bits per heavy atom. The van der Waals surface area contributed by atoms with Crippen LogP contribution in [0.3, 0.4) is 0 Å². The zero-order valence-corrected chi connectivity index (χ0v) is 39.1. The number of ketones is 2. The number of methoxy groups -OCH3 is 1. The molecular formula is C46H70O16Si. The summed E-state index contributed by atoms with van der Waals surface area (Å²) in [5.74, 6) is -0.665. The maximum atomic E-state index is 12.3. The van der Waals surface area contributed by atoms with Crippen molar-refractivity contribution in [2.45, 2.75) is 122 Å². The van der Waals surface area contributed by atoms with Gasteiger partial charge in [-0.25, -0.2) is 0 Å². The number of hydrogen-bond donors (Lipinski definition) is 2. The molecule has 0 aliphatic rings. The van der Waals surface area contributed by atoms with Crippen molar-refractivity contribution in [3.8, 4) is 11.5 Å². The number of benzene rings is 2. The molecule has 0 bridgehead atoms. The molecule has 16 nitrogen and oxygen atoms in total. The molecule has 17 heteroatoms. The Labute approximate surface area is 373 Å². The Morgan fingerprint density at radius 3 is 1.08 bits per heavy atom. The SMILES string of the molecule is COCCOC(=O)CCCCCO[Si](C)(OCCCCCC(=O)OCCOc1ccc(C(=O)C(C)(C)O)cc1)OCCCCCC(=O)OCCOc1ccc(C(=O)C(C)(C)O)cc1. The number of carbonyl (C=O) groups excluding carboxylic acids is 5. The first-order chi connectivity index (χ1) is 29.9. The van der Waals surface area contributed by atoms with E-state index in [4.69, 9.17) is 41.7 Å². The zero-order chi connectivity index (χ0) is 46.6. The molecule has 0 heterocycles. The van der Waals surface area contributed by atoms with Crippen molar-refractivity contribution in [2.24, 2.45) is 0 Å². The van der Waals surface area contributed by atoms with E-state index in [-0.39, 0.29) is 75.4 Å². The summed E-state index contributed by atoms with van der Waals surface area (Å²) in [5.41, 5.74) is -2.18. The van der Waals surface area contributed by atoms with E-state index in [1.165, 1.54) is 27.7 Å². The first-order valence-corrected chi connectivity index (χ1v) is 24.0. The molecule has 2 rings (SSSR count). The molecule has 2 aromatic carbocycles. The van der Waals surface area contributed by atoms with Gasteiger partial charge in [0.1, 0.15) is 55.7 Å². The molecule has 0 unspecified atom stereocenters. The van der Waals surface area contributed by atoms with E-state index in [0.717, 1.165) is 19.3 Å². The van der Waals surface area contributed by atoms with Crippen LogP contribution < -0.4 is 9.47 Å². The highest BCUT2D eigenvalue weighted by atomic mass is 28.4. The maximum Gasteiger partial charge on any atom is 0.497 e. The van der Waals surface area contributed by atoms with E-state index in [1.54, 1.807) is 55.6 Å². The van der Waals surface area contributed by atoms with Crippen molar-refractivity contribution in [1.29, 1.82) is 0 Å². The number of hydrogen-bond acceptors (Lipinski definition) is 16. The maximum absolute atomic E-state index is 12.3. The van der Waals surface area contributed by atoms with Crippen LogP contribution in [0, 0.1) is 0 Å². The number of unbranched alkanes of at least 4 members (excludes halogenated alkanes) is 6. The van der Waals surface area contributed by atoms with Crippen LogP contribution in [0.4, 0.5) is 0 Å². The highest BCUT2D eigenvalue weighted by Crippen LogP contribution is 2.19. The van der Waals surface area contributed by atoms with Crippen molar-refractivity contribution >= 4 is 38.3 Å². The lowest BCUT2D eigenvalue weighted by molar-refractivity contribution is -0.145. The smallest absolute Gasteiger partial charge is 0.490 e. The van der Waals surface area contributed by atoms with Crippen molar-refractivity contribution in [2.75, 3.05) is 66.6 Å². The van der Waals surface area contributed by atoms with Gasteiger partial charge in [0.25, 0.3) is 0 Å². The van der Waals surface area contributed by atoms with Gasteiger partial charge in [0, 0.05) is 63.9 Å². The Hall–Kier alpha value is -4.23. The zero-order valence-electron chi connectivity index (χ0n) is 38.1. The van der Waals surface area contributed by atoms with Crippen LogP contribution in [-0.4, -0.2) is 126 Å². The lowest BCUT2D eigenvalue weighted by atomic mass is 9.97. The predicted molar refractivity (Wildman–Crippen MR) is 235 cm³/mol. The summed E-state index contributed by atoms with van der Waals surface area (Å²) in [5, 5.41) is 19.8. The number of Topliss-reactive ketones (excluding diaryl/α,β-unsaturated/α-hetero) is 2. The van der Waals surface area contributed by atoms with Gasteiger partial charge in [-0.05, 0) is 115 Å². The lowest BCUT2D eigenvalue weighted by Crippen LogP contribution is -2.43. The third kappa shape index (κ3) is 25.0. The Bertz CT molecular complexity index is 1530. The fourth-order valence-corrected chi connectivity index (χ4v) is 7.53. The number of aliphatic hydroxyl groups is 2. The van der Waals surface area contributed by atoms with E-state index >= 15 is 0 Å². The molecule has 0 aromatic heterocycles. The van der Waals surface area contributed by atoms with Crippen LogP contribution in [0.5, 0.6) is 11.5 Å². The number of ether oxygens (including phenoxy) is 6. The minimum absolute atomic E-state index is 0.0814. The highest BCUT2D eigenvalue weighted by Gasteiger charge is 2.34. The minimum Gasteiger partial charge on any atom is -0.490 e. The van der Waals surface area contributed by atoms with E-state index in [0.29, 0.717) is 94.0 Å². The molecule has 0 saturated carbocycles. The number of rotatable bonds is 36. The topological polar surface area (TPSA) is 209 Å². The van der Waals surface area contributed by atoms with Crippen LogP contribution in [0.1, 0.15) is 125 Å². The van der Waals surface area contributed by atoms with Gasteiger partial charge in [-0.2, -0.15) is 0 Å². The summed E-state index contributed by atoms with van der Waals surface area (Å²) in [6.07, 6.45) is 7.05. The fourth-order valence-electron chi connectivity index (χ4n) is 5.74. The van der Waals surface area contributed by atoms with Gasteiger partial charge in [0.15, 0.2) is 11.6 Å². The number of carbonyl (C=O) groups is 5. The highest BCUT2D eigenvalue weighted by molar-refractivity contribution is 6.59. The van der Waals surface area contributed by atoms with Gasteiger partial charge in [-0.1, -0.05) is 19.3 Å². The van der Waals surface area contributed by atoms with Gasteiger partial charge in [0.2, 0.25) is 0 Å². The van der Waals surface area contributed by atoms with Crippen LogP contribution in [0.2, 0.25) is 6.55 Å². The molecule has 0 amide bonds. The summed E-state index contributed by atoms with van der Waals surface area (Å²) in [6.45, 7) is 9.85. The lowest BCUT2D eigenvalue weighted by Gasteiger charge is -2.26. The molecule has 63 heavy (non-hydrogen) atoms. The quantitative estimate of drug-likeness (QED) is 0.0242. The summed E-state index contributed by atoms with van der Waals surface area (Å²) >= 11 is 0. The molecule has 0 saturated heterocycles. The molecule has 0 fully saturated rings. The van der Waals surface area contributed by atoms with Crippen LogP contribution in [0.25, 0.3) is 0 Å². The average molecular weight is 907 g/mol. The fraction of sp³-hybridized carbons (Fsp3) is 0.630.